The van der Waals surface area contributed by atoms with Crippen molar-refractivity contribution in [3.05, 3.63) is 65.2 Å². The summed E-state index contributed by atoms with van der Waals surface area (Å²) in [5, 5.41) is 9.71. The number of hydrogen-bond donors (Lipinski definition) is 1. The van der Waals surface area contributed by atoms with Crippen molar-refractivity contribution in [2.24, 2.45) is 0 Å². The third kappa shape index (κ3) is 3.88. The smallest absolute Gasteiger partial charge is 0.149 e. The maximum absolute atomic E-state index is 9.71. The van der Waals surface area contributed by atoms with Crippen molar-refractivity contribution < 1.29 is 9.84 Å². The van der Waals surface area contributed by atoms with Crippen LogP contribution in [-0.2, 0) is 0 Å². The Bertz CT molecular complexity index is 619. The zero-order valence-corrected chi connectivity index (χ0v) is 11.8. The first-order valence-corrected chi connectivity index (χ1v) is 6.62. The van der Waals surface area contributed by atoms with Gasteiger partial charge in [0.2, 0.25) is 0 Å². The molecule has 2 nitrogen and oxygen atoms in total. The Morgan fingerprint density at radius 1 is 1.15 bits per heavy atom. The topological polar surface area (TPSA) is 29.5 Å². The van der Waals surface area contributed by atoms with Gasteiger partial charge >= 0.3 is 0 Å². The average molecular weight is 266 g/mol. The van der Waals surface area contributed by atoms with Crippen LogP contribution >= 0.6 is 0 Å². The van der Waals surface area contributed by atoms with Gasteiger partial charge in [0.25, 0.3) is 0 Å². The van der Waals surface area contributed by atoms with Crippen LogP contribution in [-0.4, -0.2) is 11.7 Å². The third-order valence-corrected chi connectivity index (χ3v) is 2.93. The molecule has 0 heterocycles. The molecule has 0 bridgehead atoms. The first kappa shape index (κ1) is 14.2. The van der Waals surface area contributed by atoms with E-state index in [4.69, 9.17) is 4.74 Å². The summed E-state index contributed by atoms with van der Waals surface area (Å²) >= 11 is 0. The first-order chi connectivity index (χ1) is 9.66. The molecule has 0 radical (unpaired) electrons. The number of hydrogen-bond acceptors (Lipinski definition) is 2. The number of aliphatic hydroxyl groups is 1. The van der Waals surface area contributed by atoms with E-state index in [1.165, 1.54) is 0 Å². The standard InChI is InChI=1S/C18H18O2/c1-14-10-11-17(15(2)19)18(13-14)20-12-6-9-16-7-4-3-5-8-16/h3-5,7-8,10-11,13,15,19H,12H2,1-2H3/t15-/m1/s1. The van der Waals surface area contributed by atoms with Crippen molar-refractivity contribution in [3.8, 4) is 17.6 Å². The molecule has 2 aromatic carbocycles. The highest BCUT2D eigenvalue weighted by atomic mass is 16.5. The fourth-order valence-electron chi connectivity index (χ4n) is 1.89. The van der Waals surface area contributed by atoms with Crippen LogP contribution in [0.3, 0.4) is 0 Å². The van der Waals surface area contributed by atoms with Crippen LogP contribution in [0.5, 0.6) is 5.75 Å². The minimum atomic E-state index is -0.548. The van der Waals surface area contributed by atoms with E-state index in [2.05, 4.69) is 11.8 Å². The second-order valence-electron chi connectivity index (χ2n) is 4.67. The van der Waals surface area contributed by atoms with Crippen LogP contribution in [0.4, 0.5) is 0 Å². The van der Waals surface area contributed by atoms with Gasteiger partial charge in [0, 0.05) is 11.1 Å². The van der Waals surface area contributed by atoms with E-state index in [1.807, 2.05) is 55.5 Å². The summed E-state index contributed by atoms with van der Waals surface area (Å²) in [6.45, 7) is 4.03. The summed E-state index contributed by atoms with van der Waals surface area (Å²) in [7, 11) is 0. The summed E-state index contributed by atoms with van der Waals surface area (Å²) in [6.07, 6.45) is -0.548. The molecule has 0 fully saturated rings. The Labute approximate surface area is 120 Å². The van der Waals surface area contributed by atoms with Gasteiger partial charge in [0.15, 0.2) is 0 Å². The lowest BCUT2D eigenvalue weighted by molar-refractivity contribution is 0.193. The molecule has 2 aromatic rings. The van der Waals surface area contributed by atoms with E-state index in [0.717, 1.165) is 16.7 Å². The minimum absolute atomic E-state index is 0.304. The largest absolute Gasteiger partial charge is 0.481 e. The van der Waals surface area contributed by atoms with Crippen LogP contribution in [0.1, 0.15) is 29.7 Å². The molecule has 0 aliphatic rings. The van der Waals surface area contributed by atoms with Crippen molar-refractivity contribution in [2.75, 3.05) is 6.61 Å². The highest BCUT2D eigenvalue weighted by Crippen LogP contribution is 2.26. The Morgan fingerprint density at radius 2 is 1.90 bits per heavy atom. The van der Waals surface area contributed by atoms with Crippen LogP contribution in [0.25, 0.3) is 0 Å². The molecule has 1 atom stereocenters. The Kier molecular flexibility index (Phi) is 4.81. The lowest BCUT2D eigenvalue weighted by Crippen LogP contribution is -2.01. The fraction of sp³-hybridized carbons (Fsp3) is 0.222. The molecule has 0 spiro atoms. The van der Waals surface area contributed by atoms with Gasteiger partial charge in [-0.1, -0.05) is 42.2 Å². The number of aryl methyl sites for hydroxylation is 1. The monoisotopic (exact) mass is 266 g/mol. The molecule has 0 saturated carbocycles. The Hall–Kier alpha value is -2.24. The molecule has 1 N–H and O–H groups in total. The quantitative estimate of drug-likeness (QED) is 0.862. The van der Waals surface area contributed by atoms with Crippen LogP contribution < -0.4 is 4.74 Å². The van der Waals surface area contributed by atoms with Gasteiger partial charge in [-0.05, 0) is 37.6 Å². The summed E-state index contributed by atoms with van der Waals surface area (Å²) in [4.78, 5) is 0. The zero-order chi connectivity index (χ0) is 14.4. The van der Waals surface area contributed by atoms with E-state index in [0.29, 0.717) is 12.4 Å². The Balaban J connectivity index is 2.05. The maximum atomic E-state index is 9.71. The van der Waals surface area contributed by atoms with E-state index in [-0.39, 0.29) is 0 Å². The second kappa shape index (κ2) is 6.79. The molecular weight excluding hydrogens is 248 g/mol. The van der Waals surface area contributed by atoms with Crippen LogP contribution in [0.15, 0.2) is 48.5 Å². The van der Waals surface area contributed by atoms with Gasteiger partial charge in [-0.25, -0.2) is 0 Å². The Morgan fingerprint density at radius 3 is 2.60 bits per heavy atom. The number of aliphatic hydroxyl groups excluding tert-OH is 1. The van der Waals surface area contributed by atoms with Crippen molar-refractivity contribution in [3.63, 3.8) is 0 Å². The number of benzene rings is 2. The van der Waals surface area contributed by atoms with Crippen molar-refractivity contribution in [2.45, 2.75) is 20.0 Å². The van der Waals surface area contributed by atoms with E-state index >= 15 is 0 Å². The van der Waals surface area contributed by atoms with Gasteiger partial charge in [-0.3, -0.25) is 0 Å². The minimum Gasteiger partial charge on any atom is -0.481 e. The zero-order valence-electron chi connectivity index (χ0n) is 11.8. The van der Waals surface area contributed by atoms with Crippen molar-refractivity contribution in [1.29, 1.82) is 0 Å². The molecule has 20 heavy (non-hydrogen) atoms. The van der Waals surface area contributed by atoms with E-state index in [9.17, 15) is 5.11 Å². The van der Waals surface area contributed by atoms with Crippen LogP contribution in [0.2, 0.25) is 0 Å². The predicted molar refractivity (Wildman–Crippen MR) is 80.6 cm³/mol. The third-order valence-electron chi connectivity index (χ3n) is 2.93. The maximum Gasteiger partial charge on any atom is 0.149 e. The predicted octanol–water partition coefficient (Wildman–Crippen LogP) is 3.48. The molecule has 2 rings (SSSR count). The summed E-state index contributed by atoms with van der Waals surface area (Å²) in [5.74, 6) is 6.72. The molecule has 0 unspecified atom stereocenters. The van der Waals surface area contributed by atoms with E-state index in [1.54, 1.807) is 6.92 Å². The number of ether oxygens (including phenoxy) is 1. The lowest BCUT2D eigenvalue weighted by atomic mass is 10.1. The molecule has 0 aromatic heterocycles. The lowest BCUT2D eigenvalue weighted by Gasteiger charge is -2.12. The van der Waals surface area contributed by atoms with Gasteiger partial charge in [0.1, 0.15) is 12.4 Å². The summed E-state index contributed by atoms with van der Waals surface area (Å²) in [6, 6.07) is 15.6. The summed E-state index contributed by atoms with van der Waals surface area (Å²) < 4.78 is 5.67. The average Bonchev–Trinajstić information content (AvgIpc) is 2.44. The molecule has 0 aliphatic heterocycles. The van der Waals surface area contributed by atoms with Gasteiger partial charge in [0.05, 0.1) is 6.10 Å². The number of rotatable bonds is 3. The van der Waals surface area contributed by atoms with Gasteiger partial charge in [-0.15, -0.1) is 0 Å². The van der Waals surface area contributed by atoms with Crippen LogP contribution in [0, 0.1) is 18.8 Å². The molecule has 0 saturated heterocycles. The second-order valence-corrected chi connectivity index (χ2v) is 4.67. The highest BCUT2D eigenvalue weighted by Gasteiger charge is 2.08. The van der Waals surface area contributed by atoms with Crippen molar-refractivity contribution >= 4 is 0 Å². The normalized spacial score (nSPS) is 11.3. The molecule has 0 amide bonds. The molecular formula is C18H18O2. The SMILES string of the molecule is Cc1ccc([C@@H](C)O)c(OCC#Cc2ccccc2)c1. The molecule has 0 aliphatic carbocycles. The molecule has 102 valence electrons. The van der Waals surface area contributed by atoms with Gasteiger partial charge < -0.3 is 9.84 Å². The fourth-order valence-corrected chi connectivity index (χ4v) is 1.89. The first-order valence-electron chi connectivity index (χ1n) is 6.62. The van der Waals surface area contributed by atoms with E-state index < -0.39 is 6.10 Å². The summed E-state index contributed by atoms with van der Waals surface area (Å²) in [5.41, 5.74) is 2.86. The van der Waals surface area contributed by atoms with Crippen molar-refractivity contribution in [1.82, 2.24) is 0 Å². The molecule has 2 heteroatoms. The van der Waals surface area contributed by atoms with Gasteiger partial charge in [-0.2, -0.15) is 0 Å². The highest BCUT2D eigenvalue weighted by molar-refractivity contribution is 5.39.